The lowest BCUT2D eigenvalue weighted by Gasteiger charge is -2.14. The highest BCUT2D eigenvalue weighted by atomic mass is 32.1. The molecule has 0 aliphatic heterocycles. The highest BCUT2D eigenvalue weighted by Crippen LogP contribution is 2.13. The number of esters is 1. The van der Waals surface area contributed by atoms with Gasteiger partial charge in [0, 0.05) is 37.1 Å². The number of hydrogen-bond acceptors (Lipinski definition) is 6. The van der Waals surface area contributed by atoms with Crippen molar-refractivity contribution >= 4 is 23.2 Å². The van der Waals surface area contributed by atoms with E-state index >= 15 is 0 Å². The van der Waals surface area contributed by atoms with E-state index in [0.29, 0.717) is 19.5 Å². The van der Waals surface area contributed by atoms with Crippen LogP contribution < -0.4 is 5.32 Å². The predicted octanol–water partition coefficient (Wildman–Crippen LogP) is 0.953. The number of aryl methyl sites for hydroxylation is 1. The van der Waals surface area contributed by atoms with E-state index in [1.54, 1.807) is 11.3 Å². The molecule has 1 aromatic heterocycles. The van der Waals surface area contributed by atoms with Crippen molar-refractivity contribution in [3.8, 4) is 0 Å². The monoisotopic (exact) mass is 299 g/mol. The van der Waals surface area contributed by atoms with Gasteiger partial charge >= 0.3 is 5.97 Å². The summed E-state index contributed by atoms with van der Waals surface area (Å²) in [4.78, 5) is 29.9. The summed E-state index contributed by atoms with van der Waals surface area (Å²) in [6, 6.07) is 0. The van der Waals surface area contributed by atoms with Gasteiger partial charge in [0.05, 0.1) is 18.5 Å². The van der Waals surface area contributed by atoms with Gasteiger partial charge < -0.3 is 15.0 Å². The maximum atomic E-state index is 11.6. The van der Waals surface area contributed by atoms with Gasteiger partial charge in [-0.2, -0.15) is 0 Å². The fraction of sp³-hybridized carbons (Fsp3) is 0.615. The number of nitrogens with zero attached hydrogens (tertiary/aromatic N) is 2. The van der Waals surface area contributed by atoms with E-state index in [1.807, 2.05) is 20.2 Å². The number of rotatable bonds is 8. The molecule has 1 aromatic rings. The van der Waals surface area contributed by atoms with Crippen molar-refractivity contribution in [1.82, 2.24) is 15.2 Å². The summed E-state index contributed by atoms with van der Waals surface area (Å²) in [6.45, 7) is 3.76. The number of hydrogen-bond donors (Lipinski definition) is 1. The van der Waals surface area contributed by atoms with Gasteiger partial charge in [0.15, 0.2) is 0 Å². The second-order valence-electron chi connectivity index (χ2n) is 4.51. The summed E-state index contributed by atoms with van der Waals surface area (Å²) >= 11 is 1.67. The molecule has 20 heavy (non-hydrogen) atoms. The van der Waals surface area contributed by atoms with E-state index in [9.17, 15) is 9.59 Å². The smallest absolute Gasteiger partial charge is 0.307 e. The zero-order chi connectivity index (χ0) is 15.0. The lowest BCUT2D eigenvalue weighted by molar-refractivity contribution is -0.140. The number of carbonyl (C=O) groups excluding carboxylic acids is 2. The summed E-state index contributed by atoms with van der Waals surface area (Å²) in [5, 5.41) is 3.75. The van der Waals surface area contributed by atoms with E-state index in [2.05, 4.69) is 19.9 Å². The van der Waals surface area contributed by atoms with Crippen LogP contribution in [0.4, 0.5) is 0 Å². The summed E-state index contributed by atoms with van der Waals surface area (Å²) < 4.78 is 4.50. The van der Waals surface area contributed by atoms with E-state index in [1.165, 1.54) is 12.0 Å². The van der Waals surface area contributed by atoms with E-state index < -0.39 is 0 Å². The van der Waals surface area contributed by atoms with Crippen LogP contribution in [0.3, 0.4) is 0 Å². The molecule has 0 radical (unpaired) electrons. The van der Waals surface area contributed by atoms with Crippen molar-refractivity contribution in [3.63, 3.8) is 0 Å². The Morgan fingerprint density at radius 2 is 2.20 bits per heavy atom. The van der Waals surface area contributed by atoms with Gasteiger partial charge in [0.25, 0.3) is 0 Å². The summed E-state index contributed by atoms with van der Waals surface area (Å²) in [5.41, 5.74) is 0. The first-order valence-electron chi connectivity index (χ1n) is 6.44. The third kappa shape index (κ3) is 6.63. The third-order valence-corrected chi connectivity index (χ3v) is 3.59. The van der Waals surface area contributed by atoms with Crippen LogP contribution in [0.15, 0.2) is 6.20 Å². The van der Waals surface area contributed by atoms with Crippen molar-refractivity contribution in [2.75, 3.05) is 27.2 Å². The Bertz CT molecular complexity index is 448. The molecule has 0 saturated carbocycles. The molecule has 0 aromatic carbocycles. The minimum absolute atomic E-state index is 0.0544. The molecule has 0 fully saturated rings. The molecular weight excluding hydrogens is 278 g/mol. The number of ether oxygens (including phenoxy) is 1. The molecule has 1 N–H and O–H groups in total. The molecule has 0 bridgehead atoms. The lowest BCUT2D eigenvalue weighted by atomic mass is 10.3. The molecular formula is C13H21N3O3S. The molecule has 0 unspecified atom stereocenters. The van der Waals surface area contributed by atoms with E-state index in [4.69, 9.17) is 0 Å². The first-order chi connectivity index (χ1) is 9.51. The second-order valence-corrected chi connectivity index (χ2v) is 5.83. The molecule has 112 valence electrons. The first kappa shape index (κ1) is 16.6. The van der Waals surface area contributed by atoms with Gasteiger partial charge in [-0.15, -0.1) is 11.3 Å². The Balaban J connectivity index is 2.15. The van der Waals surface area contributed by atoms with E-state index in [-0.39, 0.29) is 18.3 Å². The highest BCUT2D eigenvalue weighted by molar-refractivity contribution is 7.11. The average Bonchev–Trinajstić information content (AvgIpc) is 2.81. The number of nitrogens with one attached hydrogen (secondary N) is 1. The highest BCUT2D eigenvalue weighted by Gasteiger charge is 2.07. The number of methoxy groups -OCH3 is 1. The van der Waals surface area contributed by atoms with Crippen LogP contribution in [0.1, 0.15) is 22.7 Å². The topological polar surface area (TPSA) is 71.5 Å². The number of thiazole rings is 1. The Hall–Kier alpha value is -1.47. The molecule has 6 nitrogen and oxygen atoms in total. The summed E-state index contributed by atoms with van der Waals surface area (Å²) in [7, 11) is 3.30. The van der Waals surface area contributed by atoms with Crippen LogP contribution >= 0.6 is 11.3 Å². The SMILES string of the molecule is COC(=O)CCNC(=O)CCN(C)Cc1cnc(C)s1. The Labute approximate surface area is 123 Å². The fourth-order valence-corrected chi connectivity index (χ4v) is 2.49. The second kappa shape index (κ2) is 8.65. The summed E-state index contributed by atoms with van der Waals surface area (Å²) in [5.74, 6) is -0.371. The van der Waals surface area contributed by atoms with Crippen molar-refractivity contribution in [2.45, 2.75) is 26.3 Å². The molecule has 1 heterocycles. The normalized spacial score (nSPS) is 10.6. The van der Waals surface area contributed by atoms with Crippen molar-refractivity contribution in [2.24, 2.45) is 0 Å². The number of aromatic nitrogens is 1. The van der Waals surface area contributed by atoms with Crippen molar-refractivity contribution < 1.29 is 14.3 Å². The molecule has 1 amide bonds. The molecule has 0 aliphatic rings. The largest absolute Gasteiger partial charge is 0.469 e. The Kier molecular flexibility index (Phi) is 7.17. The quantitative estimate of drug-likeness (QED) is 0.724. The van der Waals surface area contributed by atoms with Crippen molar-refractivity contribution in [1.29, 1.82) is 0 Å². The van der Waals surface area contributed by atoms with Crippen LogP contribution in [-0.4, -0.2) is 49.0 Å². The molecule has 1 rings (SSSR count). The minimum Gasteiger partial charge on any atom is -0.469 e. The zero-order valence-corrected chi connectivity index (χ0v) is 13.0. The fourth-order valence-electron chi connectivity index (χ4n) is 1.61. The molecule has 0 atom stereocenters. The Morgan fingerprint density at radius 1 is 1.45 bits per heavy atom. The van der Waals surface area contributed by atoms with Crippen LogP contribution in [0, 0.1) is 6.92 Å². The van der Waals surface area contributed by atoms with Gasteiger partial charge in [0.2, 0.25) is 5.91 Å². The van der Waals surface area contributed by atoms with Gasteiger partial charge in [0.1, 0.15) is 0 Å². The van der Waals surface area contributed by atoms with Crippen LogP contribution in [0.5, 0.6) is 0 Å². The molecule has 0 spiro atoms. The molecule has 7 heteroatoms. The van der Waals surface area contributed by atoms with Crippen LogP contribution in [0.2, 0.25) is 0 Å². The van der Waals surface area contributed by atoms with Gasteiger partial charge in [-0.05, 0) is 14.0 Å². The van der Waals surface area contributed by atoms with Crippen LogP contribution in [-0.2, 0) is 20.9 Å². The molecule has 0 aliphatic carbocycles. The van der Waals surface area contributed by atoms with Gasteiger partial charge in [-0.25, -0.2) is 4.98 Å². The molecule has 0 saturated heterocycles. The maximum absolute atomic E-state index is 11.6. The number of carbonyl (C=O) groups is 2. The average molecular weight is 299 g/mol. The lowest BCUT2D eigenvalue weighted by Crippen LogP contribution is -2.30. The number of amides is 1. The Morgan fingerprint density at radius 3 is 2.80 bits per heavy atom. The third-order valence-electron chi connectivity index (χ3n) is 2.69. The first-order valence-corrected chi connectivity index (χ1v) is 7.26. The van der Waals surface area contributed by atoms with Gasteiger partial charge in [-0.3, -0.25) is 9.59 Å². The van der Waals surface area contributed by atoms with E-state index in [0.717, 1.165) is 11.6 Å². The summed E-state index contributed by atoms with van der Waals surface area (Å²) in [6.07, 6.45) is 2.49. The maximum Gasteiger partial charge on any atom is 0.307 e. The van der Waals surface area contributed by atoms with Crippen molar-refractivity contribution in [3.05, 3.63) is 16.1 Å². The predicted molar refractivity (Wildman–Crippen MR) is 77.4 cm³/mol. The van der Waals surface area contributed by atoms with Gasteiger partial charge in [-0.1, -0.05) is 0 Å². The minimum atomic E-state index is -0.317. The standard InChI is InChI=1S/C13H21N3O3S/c1-10-15-8-11(20-10)9-16(2)7-5-12(17)14-6-4-13(18)19-3/h8H,4-7,9H2,1-3H3,(H,14,17). The zero-order valence-electron chi connectivity index (χ0n) is 12.1. The van der Waals surface area contributed by atoms with Crippen LogP contribution in [0.25, 0.3) is 0 Å².